The predicted octanol–water partition coefficient (Wildman–Crippen LogP) is 6.00. The second-order valence-electron chi connectivity index (χ2n) is 3.29. The second kappa shape index (κ2) is 5.18. The maximum atomic E-state index is 13.3. The van der Waals surface area contributed by atoms with E-state index in [-0.39, 0.29) is 0 Å². The monoisotopic (exact) mass is 418 g/mol. The Morgan fingerprint density at radius 1 is 0.450 bits per heavy atom. The molecule has 0 aromatic rings. The standard InChI is InChI=1S/C6Cl5F9/c7-1(12,4(16,17)5(9,10)18)3(14,15)2(8,13)6(11,19)20. The Kier molecular flexibility index (Phi) is 5.39. The molecule has 0 radical (unpaired) electrons. The average Bonchev–Trinajstić information content (AvgIpc) is 2.12. The summed E-state index contributed by atoms with van der Waals surface area (Å²) in [6.07, 6.45) is 0. The normalized spacial score (nSPS) is 21.3. The summed E-state index contributed by atoms with van der Waals surface area (Å²) in [5, 5.41) is -17.9. The summed E-state index contributed by atoms with van der Waals surface area (Å²) in [4.78, 5) is 0. The molecular weight excluding hydrogens is 420 g/mol. The van der Waals surface area contributed by atoms with Crippen LogP contribution in [-0.4, -0.2) is 32.1 Å². The van der Waals surface area contributed by atoms with Gasteiger partial charge in [-0.1, -0.05) is 46.4 Å². The third kappa shape index (κ3) is 2.85. The summed E-state index contributed by atoms with van der Waals surface area (Å²) >= 11 is 20.0. The minimum atomic E-state index is -6.63. The van der Waals surface area contributed by atoms with Gasteiger partial charge in [0.05, 0.1) is 0 Å². The predicted molar refractivity (Wildman–Crippen MR) is 55.6 cm³/mol. The molecule has 0 aromatic heterocycles. The van der Waals surface area contributed by atoms with E-state index in [1.807, 2.05) is 0 Å². The Morgan fingerprint density at radius 2 is 0.750 bits per heavy atom. The summed E-state index contributed by atoms with van der Waals surface area (Å²) in [6.45, 7) is 0. The van der Waals surface area contributed by atoms with Crippen LogP contribution in [0, 0.1) is 0 Å². The number of alkyl halides is 14. The lowest BCUT2D eigenvalue weighted by Gasteiger charge is -2.41. The Morgan fingerprint density at radius 3 is 0.950 bits per heavy atom. The number of hydrogen-bond acceptors (Lipinski definition) is 0. The van der Waals surface area contributed by atoms with Crippen molar-refractivity contribution in [1.82, 2.24) is 0 Å². The zero-order valence-electron chi connectivity index (χ0n) is 8.29. The molecule has 0 saturated heterocycles. The molecule has 0 aliphatic carbocycles. The molecule has 20 heavy (non-hydrogen) atoms. The van der Waals surface area contributed by atoms with Gasteiger partial charge < -0.3 is 0 Å². The number of halogens is 14. The molecule has 2 unspecified atom stereocenters. The van der Waals surface area contributed by atoms with Crippen molar-refractivity contribution in [3.05, 3.63) is 0 Å². The maximum Gasteiger partial charge on any atom is 0.375 e. The molecule has 0 spiro atoms. The molecular formula is C6Cl5F9. The molecule has 0 rings (SSSR count). The quantitative estimate of drug-likeness (QED) is 0.378. The van der Waals surface area contributed by atoms with E-state index in [2.05, 4.69) is 58.0 Å². The lowest BCUT2D eigenvalue weighted by Crippen LogP contribution is -2.68. The number of rotatable bonds is 5. The zero-order chi connectivity index (χ0) is 17.0. The molecule has 0 aliphatic heterocycles. The smallest absolute Gasteiger partial charge is 0.212 e. The fourth-order valence-electron chi connectivity index (χ4n) is 0.750. The van der Waals surface area contributed by atoms with Gasteiger partial charge in [0, 0.05) is 0 Å². The number of hydrogen-bond donors (Lipinski definition) is 0. The van der Waals surface area contributed by atoms with Gasteiger partial charge in [0.15, 0.2) is 0 Å². The fraction of sp³-hybridized carbons (Fsp3) is 1.00. The molecule has 2 atom stereocenters. The SMILES string of the molecule is FC(F)(Cl)C(F)(Cl)C(F)(F)C(F)(Cl)C(F)(F)C(F)(Cl)Cl. The minimum absolute atomic E-state index is 3.83. The third-order valence-corrected chi connectivity index (χ3v) is 3.68. The van der Waals surface area contributed by atoms with Crippen molar-refractivity contribution in [2.75, 3.05) is 0 Å². The van der Waals surface area contributed by atoms with Crippen molar-refractivity contribution in [2.45, 2.75) is 32.1 Å². The first-order valence-electron chi connectivity index (χ1n) is 3.90. The van der Waals surface area contributed by atoms with E-state index in [4.69, 9.17) is 0 Å². The van der Waals surface area contributed by atoms with E-state index in [1.54, 1.807) is 0 Å². The molecule has 0 nitrogen and oxygen atoms in total. The van der Waals surface area contributed by atoms with E-state index in [0.29, 0.717) is 0 Å². The van der Waals surface area contributed by atoms with Crippen LogP contribution in [0.4, 0.5) is 39.5 Å². The van der Waals surface area contributed by atoms with E-state index in [9.17, 15) is 39.5 Å². The summed E-state index contributed by atoms with van der Waals surface area (Å²) in [6, 6.07) is 0. The van der Waals surface area contributed by atoms with E-state index >= 15 is 0 Å². The molecule has 0 amide bonds. The van der Waals surface area contributed by atoms with Gasteiger partial charge in [-0.2, -0.15) is 26.3 Å². The van der Waals surface area contributed by atoms with Gasteiger partial charge >= 0.3 is 32.1 Å². The molecule has 0 bridgehead atoms. The van der Waals surface area contributed by atoms with Crippen LogP contribution in [0.5, 0.6) is 0 Å². The van der Waals surface area contributed by atoms with Crippen LogP contribution in [0.25, 0.3) is 0 Å². The van der Waals surface area contributed by atoms with E-state index in [0.717, 1.165) is 0 Å². The highest BCUT2D eigenvalue weighted by atomic mass is 35.5. The van der Waals surface area contributed by atoms with Crippen molar-refractivity contribution in [1.29, 1.82) is 0 Å². The summed E-state index contributed by atoms with van der Waals surface area (Å²) < 4.78 is 111. The van der Waals surface area contributed by atoms with Crippen molar-refractivity contribution < 1.29 is 39.5 Å². The van der Waals surface area contributed by atoms with Gasteiger partial charge in [0.25, 0.3) is 0 Å². The second-order valence-corrected chi connectivity index (χ2v) is 6.04. The fourth-order valence-corrected chi connectivity index (χ4v) is 1.67. The first-order valence-corrected chi connectivity index (χ1v) is 5.79. The highest BCUT2D eigenvalue weighted by Gasteiger charge is 2.86. The Bertz CT molecular complexity index is 332. The van der Waals surface area contributed by atoms with Crippen LogP contribution in [-0.2, 0) is 0 Å². The lowest BCUT2D eigenvalue weighted by molar-refractivity contribution is -0.275. The van der Waals surface area contributed by atoms with Crippen LogP contribution in [0.15, 0.2) is 0 Å². The maximum absolute atomic E-state index is 13.3. The summed E-state index contributed by atoms with van der Waals surface area (Å²) in [5.41, 5.74) is 0. The van der Waals surface area contributed by atoms with Gasteiger partial charge in [-0.15, -0.1) is 0 Å². The van der Waals surface area contributed by atoms with E-state index in [1.165, 1.54) is 0 Å². The molecule has 0 N–H and O–H groups in total. The molecule has 0 fully saturated rings. The highest BCUT2D eigenvalue weighted by molar-refractivity contribution is 6.48. The van der Waals surface area contributed by atoms with Gasteiger partial charge in [-0.3, -0.25) is 0 Å². The lowest BCUT2D eigenvalue weighted by atomic mass is 10.0. The van der Waals surface area contributed by atoms with Gasteiger partial charge in [0.2, 0.25) is 0 Å². The van der Waals surface area contributed by atoms with Crippen molar-refractivity contribution in [2.24, 2.45) is 0 Å². The summed E-state index contributed by atoms with van der Waals surface area (Å²) in [5.74, 6) is -12.9. The van der Waals surface area contributed by atoms with Crippen molar-refractivity contribution in [3.63, 3.8) is 0 Å². The van der Waals surface area contributed by atoms with E-state index < -0.39 is 32.1 Å². The largest absolute Gasteiger partial charge is 0.375 e. The topological polar surface area (TPSA) is 0 Å². The van der Waals surface area contributed by atoms with Gasteiger partial charge in [0.1, 0.15) is 0 Å². The Labute approximate surface area is 130 Å². The van der Waals surface area contributed by atoms with Crippen LogP contribution in [0.3, 0.4) is 0 Å². The Balaban J connectivity index is 6.08. The Hall–Kier alpha value is 0.820. The average molecular weight is 420 g/mol. The zero-order valence-corrected chi connectivity index (χ0v) is 12.1. The van der Waals surface area contributed by atoms with Crippen LogP contribution in [0.2, 0.25) is 0 Å². The molecule has 0 heterocycles. The van der Waals surface area contributed by atoms with Crippen LogP contribution in [0.1, 0.15) is 0 Å². The summed E-state index contributed by atoms with van der Waals surface area (Å²) in [7, 11) is 0. The minimum Gasteiger partial charge on any atom is -0.212 e. The highest BCUT2D eigenvalue weighted by Crippen LogP contribution is 2.63. The molecule has 122 valence electrons. The first-order chi connectivity index (χ1) is 8.25. The van der Waals surface area contributed by atoms with Crippen molar-refractivity contribution in [3.8, 4) is 0 Å². The van der Waals surface area contributed by atoms with Gasteiger partial charge in [-0.25, -0.2) is 13.2 Å². The van der Waals surface area contributed by atoms with Crippen LogP contribution >= 0.6 is 58.0 Å². The van der Waals surface area contributed by atoms with Gasteiger partial charge in [-0.05, 0) is 11.6 Å². The van der Waals surface area contributed by atoms with Crippen molar-refractivity contribution >= 4 is 58.0 Å². The molecule has 0 saturated carbocycles. The third-order valence-electron chi connectivity index (χ3n) is 1.90. The first kappa shape index (κ1) is 20.8. The van der Waals surface area contributed by atoms with Crippen LogP contribution < -0.4 is 0 Å². The molecule has 14 heteroatoms. The molecule has 0 aromatic carbocycles. The molecule has 0 aliphatic rings.